The van der Waals surface area contributed by atoms with E-state index in [1.54, 1.807) is 42.5 Å². The lowest BCUT2D eigenvalue weighted by molar-refractivity contribution is -0.147. The predicted octanol–water partition coefficient (Wildman–Crippen LogP) is 0.871. The molecule has 1 saturated heterocycles. The van der Waals surface area contributed by atoms with Crippen molar-refractivity contribution >= 4 is 56.0 Å². The van der Waals surface area contributed by atoms with Crippen molar-refractivity contribution in [3.63, 3.8) is 0 Å². The Morgan fingerprint density at radius 2 is 1.62 bits per heavy atom. The Bertz CT molecular complexity index is 1750. The van der Waals surface area contributed by atoms with Crippen LogP contribution in [0.15, 0.2) is 72.8 Å². The van der Waals surface area contributed by atoms with Crippen LogP contribution < -0.4 is 20.7 Å². The Kier molecular flexibility index (Phi) is 13.6. The Hall–Kier alpha value is -4.18. The molecule has 0 aromatic heterocycles. The van der Waals surface area contributed by atoms with Gasteiger partial charge in [0.1, 0.15) is 27.7 Å². The van der Waals surface area contributed by atoms with Crippen LogP contribution in [0.25, 0.3) is 10.8 Å². The van der Waals surface area contributed by atoms with Gasteiger partial charge in [-0.25, -0.2) is 8.42 Å². The second kappa shape index (κ2) is 17.7. The average Bonchev–Trinajstić information content (AvgIpc) is 3.58. The molecule has 0 spiro atoms. The molecule has 4 amide bonds. The number of sulfone groups is 1. The van der Waals surface area contributed by atoms with E-state index in [1.807, 2.05) is 44.2 Å². The van der Waals surface area contributed by atoms with Crippen LogP contribution >= 0.6 is 11.8 Å². The normalized spacial score (nSPS) is 17.1. The van der Waals surface area contributed by atoms with Gasteiger partial charge < -0.3 is 35.8 Å². The number of fused-ring (bicyclic) bond motifs is 1. The van der Waals surface area contributed by atoms with E-state index < -0.39 is 76.1 Å². The van der Waals surface area contributed by atoms with Crippen molar-refractivity contribution in [2.75, 3.05) is 36.9 Å². The molecule has 15 heteroatoms. The summed E-state index contributed by atoms with van der Waals surface area (Å²) in [5.41, 5.74) is 0.657. The quantitative estimate of drug-likeness (QED) is 0.142. The van der Waals surface area contributed by atoms with Gasteiger partial charge in [-0.3, -0.25) is 19.2 Å². The Morgan fingerprint density at radius 3 is 2.30 bits per heavy atom. The Balaban J connectivity index is 1.51. The zero-order valence-corrected chi connectivity index (χ0v) is 29.8. The summed E-state index contributed by atoms with van der Waals surface area (Å²) in [6.07, 6.45) is -0.944. The molecule has 3 aromatic carbocycles. The van der Waals surface area contributed by atoms with Crippen LogP contribution in [-0.2, 0) is 35.4 Å². The molecule has 0 aliphatic carbocycles. The number of hydrogen-bond acceptors (Lipinski definition) is 10. The van der Waals surface area contributed by atoms with Gasteiger partial charge >= 0.3 is 0 Å². The highest BCUT2D eigenvalue weighted by molar-refractivity contribution is 7.99. The lowest BCUT2D eigenvalue weighted by Crippen LogP contribution is -2.60. The number of hydrogen-bond donors (Lipinski definition) is 5. The van der Waals surface area contributed by atoms with Gasteiger partial charge in [0.05, 0.1) is 30.3 Å². The van der Waals surface area contributed by atoms with Gasteiger partial charge in [0.2, 0.25) is 11.8 Å². The summed E-state index contributed by atoms with van der Waals surface area (Å²) in [5, 5.41) is 30.6. The third-order valence-electron chi connectivity index (χ3n) is 8.29. The largest absolute Gasteiger partial charge is 0.483 e. The summed E-state index contributed by atoms with van der Waals surface area (Å²) in [4.78, 5) is 54.8. The number of benzene rings is 3. The first-order valence-electron chi connectivity index (χ1n) is 16.2. The molecule has 1 aliphatic rings. The lowest BCUT2D eigenvalue weighted by atomic mass is 9.99. The molecule has 1 heterocycles. The van der Waals surface area contributed by atoms with E-state index in [2.05, 4.69) is 16.0 Å². The summed E-state index contributed by atoms with van der Waals surface area (Å²) in [7, 11) is -3.81. The van der Waals surface area contributed by atoms with Crippen molar-refractivity contribution in [3.8, 4) is 5.75 Å². The van der Waals surface area contributed by atoms with Crippen molar-refractivity contribution in [1.29, 1.82) is 0 Å². The van der Waals surface area contributed by atoms with Crippen LogP contribution in [0.5, 0.6) is 5.75 Å². The molecule has 5 N–H and O–H groups in total. The number of carbonyl (C=O) groups excluding carboxylic acids is 4. The van der Waals surface area contributed by atoms with Crippen LogP contribution in [0.3, 0.4) is 0 Å². The summed E-state index contributed by atoms with van der Waals surface area (Å²) < 4.78 is 30.4. The highest BCUT2D eigenvalue weighted by Crippen LogP contribution is 2.25. The summed E-state index contributed by atoms with van der Waals surface area (Å²) >= 11 is 1.32. The van der Waals surface area contributed by atoms with E-state index >= 15 is 0 Å². The van der Waals surface area contributed by atoms with Crippen molar-refractivity contribution < 1.29 is 42.5 Å². The number of amides is 4. The maximum atomic E-state index is 13.8. The predicted molar refractivity (Wildman–Crippen MR) is 191 cm³/mol. The molecule has 50 heavy (non-hydrogen) atoms. The van der Waals surface area contributed by atoms with Gasteiger partial charge in [-0.1, -0.05) is 80.6 Å². The highest BCUT2D eigenvalue weighted by Gasteiger charge is 2.41. The zero-order chi connectivity index (χ0) is 36.4. The zero-order valence-electron chi connectivity index (χ0n) is 28.2. The fourth-order valence-corrected chi connectivity index (χ4v) is 7.50. The number of carbonyl (C=O) groups is 4. The van der Waals surface area contributed by atoms with Gasteiger partial charge in [0.15, 0.2) is 12.7 Å². The second-order valence-corrected chi connectivity index (χ2v) is 15.8. The number of nitrogens with zero attached hydrogens (tertiary/aromatic N) is 1. The molecule has 3 aromatic rings. The Morgan fingerprint density at radius 1 is 0.940 bits per heavy atom. The number of aliphatic hydroxyl groups excluding tert-OH is 2. The molecule has 13 nitrogen and oxygen atoms in total. The monoisotopic (exact) mass is 728 g/mol. The highest BCUT2D eigenvalue weighted by atomic mass is 32.2. The summed E-state index contributed by atoms with van der Waals surface area (Å²) in [6, 6.07) is 17.2. The van der Waals surface area contributed by atoms with E-state index in [1.165, 1.54) is 16.7 Å². The van der Waals surface area contributed by atoms with Gasteiger partial charge in [0, 0.05) is 17.4 Å². The third kappa shape index (κ3) is 10.7. The fourth-order valence-electron chi connectivity index (χ4n) is 5.50. The molecule has 0 saturated carbocycles. The SMILES string of the molecule is CC(C)C(CO)NC(=O)[C@@H]1CSCN1C(=O)[C@@H](O)[C@H](Cc1ccccc1)NC(=O)[C@H](CS(C)(=O)=O)NC(=O)COc1cccc2ccccc12. The number of ether oxygens (including phenoxy) is 1. The first kappa shape index (κ1) is 38.6. The molecular formula is C35H44N4O9S2. The number of nitrogens with one attached hydrogen (secondary N) is 3. The van der Waals surface area contributed by atoms with Gasteiger partial charge in [-0.05, 0) is 29.4 Å². The smallest absolute Gasteiger partial charge is 0.258 e. The van der Waals surface area contributed by atoms with Crippen molar-refractivity contribution in [3.05, 3.63) is 78.4 Å². The van der Waals surface area contributed by atoms with Crippen molar-refractivity contribution in [2.45, 2.75) is 50.5 Å². The van der Waals surface area contributed by atoms with E-state index in [4.69, 9.17) is 4.74 Å². The van der Waals surface area contributed by atoms with Crippen LogP contribution in [0.4, 0.5) is 0 Å². The van der Waals surface area contributed by atoms with Gasteiger partial charge in [-0.2, -0.15) is 0 Å². The maximum absolute atomic E-state index is 13.8. The van der Waals surface area contributed by atoms with Crippen molar-refractivity contribution in [1.82, 2.24) is 20.9 Å². The first-order valence-corrected chi connectivity index (χ1v) is 19.4. The molecule has 270 valence electrons. The molecule has 1 unspecified atom stereocenters. The number of thioether (sulfide) groups is 1. The number of rotatable bonds is 16. The molecule has 5 atom stereocenters. The van der Waals surface area contributed by atoms with Gasteiger partial charge in [0.25, 0.3) is 11.8 Å². The second-order valence-electron chi connectivity index (χ2n) is 12.6. The van der Waals surface area contributed by atoms with E-state index in [0.29, 0.717) is 11.3 Å². The van der Waals surface area contributed by atoms with E-state index in [-0.39, 0.29) is 30.6 Å². The lowest BCUT2D eigenvalue weighted by Gasteiger charge is -2.31. The summed E-state index contributed by atoms with van der Waals surface area (Å²) in [5.74, 6) is -3.01. The topological polar surface area (TPSA) is 191 Å². The maximum Gasteiger partial charge on any atom is 0.258 e. The van der Waals surface area contributed by atoms with Crippen molar-refractivity contribution in [2.24, 2.45) is 5.92 Å². The van der Waals surface area contributed by atoms with Crippen LogP contribution in [0, 0.1) is 5.92 Å². The molecule has 0 bridgehead atoms. The van der Waals surface area contributed by atoms with Crippen LogP contribution in [0.1, 0.15) is 19.4 Å². The number of aliphatic hydroxyl groups is 2. The molecule has 4 rings (SSSR count). The fraction of sp³-hybridized carbons (Fsp3) is 0.429. The minimum atomic E-state index is -3.81. The Labute approximate surface area is 296 Å². The standard InChI is InChI=1S/C35H44N4O9S2/c1-22(2)27(17-40)38-34(44)29-19-49-21-39(29)35(45)32(42)26(16-23-10-5-4-6-11-23)37-33(43)28(20-50(3,46)47)36-31(41)18-48-30-15-9-13-24-12-7-8-14-25(24)30/h4-15,22,26-29,32,40,42H,16-21H2,1-3H3,(H,36,41)(H,37,43)(H,38,44)/t26-,27?,28-,29-,32-/m0/s1. The molecule has 0 radical (unpaired) electrons. The molecule has 1 aliphatic heterocycles. The van der Waals surface area contributed by atoms with E-state index in [0.717, 1.165) is 17.0 Å². The van der Waals surface area contributed by atoms with Crippen LogP contribution in [-0.4, -0.2) is 114 Å². The summed E-state index contributed by atoms with van der Waals surface area (Å²) in [6.45, 7) is 2.88. The minimum absolute atomic E-state index is 0.0268. The molecular weight excluding hydrogens is 685 g/mol. The van der Waals surface area contributed by atoms with Gasteiger partial charge in [-0.15, -0.1) is 11.8 Å². The third-order valence-corrected chi connectivity index (χ3v) is 10.2. The first-order chi connectivity index (χ1) is 23.8. The van der Waals surface area contributed by atoms with Crippen LogP contribution in [0.2, 0.25) is 0 Å². The average molecular weight is 729 g/mol. The molecule has 1 fully saturated rings. The minimum Gasteiger partial charge on any atom is -0.483 e. The van der Waals surface area contributed by atoms with E-state index in [9.17, 15) is 37.8 Å².